The summed E-state index contributed by atoms with van der Waals surface area (Å²) in [5.74, 6) is 2.46. The summed E-state index contributed by atoms with van der Waals surface area (Å²) in [5.41, 5.74) is 2.96. The van der Waals surface area contributed by atoms with Gasteiger partial charge in [-0.3, -0.25) is 0 Å². The molecule has 1 saturated heterocycles. The average molecular weight is 232 g/mol. The molecule has 0 unspecified atom stereocenters. The van der Waals surface area contributed by atoms with E-state index in [0.717, 1.165) is 16.8 Å². The van der Waals surface area contributed by atoms with Gasteiger partial charge in [0, 0.05) is 6.04 Å². The van der Waals surface area contributed by atoms with Crippen LogP contribution in [0.1, 0.15) is 24.0 Å². The lowest BCUT2D eigenvalue weighted by molar-refractivity contribution is 0.666. The topological polar surface area (TPSA) is 35.8 Å². The molecule has 0 saturated carbocycles. The fraction of sp³-hybridized carbons (Fsp3) is 0.462. The van der Waals surface area contributed by atoms with Crippen LogP contribution in [0.15, 0.2) is 18.2 Å². The van der Waals surface area contributed by atoms with Gasteiger partial charge >= 0.3 is 0 Å². The van der Waals surface area contributed by atoms with E-state index in [0.29, 0.717) is 6.04 Å². The number of aryl methyl sites for hydroxylation is 1. The number of nitrogens with one attached hydrogen (secondary N) is 1. The van der Waals surface area contributed by atoms with Crippen molar-refractivity contribution in [3.8, 4) is 6.07 Å². The van der Waals surface area contributed by atoms with Gasteiger partial charge in [-0.2, -0.15) is 17.0 Å². The van der Waals surface area contributed by atoms with Gasteiger partial charge in [-0.15, -0.1) is 0 Å². The van der Waals surface area contributed by atoms with Crippen molar-refractivity contribution < 1.29 is 0 Å². The summed E-state index contributed by atoms with van der Waals surface area (Å²) in [6.45, 7) is 2.06. The highest BCUT2D eigenvalue weighted by molar-refractivity contribution is 7.99. The maximum Gasteiger partial charge on any atom is 0.101 e. The molecule has 1 aliphatic rings. The van der Waals surface area contributed by atoms with Crippen molar-refractivity contribution in [3.63, 3.8) is 0 Å². The van der Waals surface area contributed by atoms with Crippen molar-refractivity contribution in [2.45, 2.75) is 25.8 Å². The number of hydrogen-bond acceptors (Lipinski definition) is 3. The van der Waals surface area contributed by atoms with Gasteiger partial charge in [0.2, 0.25) is 0 Å². The number of benzene rings is 1. The van der Waals surface area contributed by atoms with Gasteiger partial charge in [0.1, 0.15) is 6.07 Å². The molecular weight excluding hydrogens is 216 g/mol. The SMILES string of the molecule is Cc1cccc(C#N)c1NC1CCSCC1. The van der Waals surface area contributed by atoms with E-state index < -0.39 is 0 Å². The summed E-state index contributed by atoms with van der Waals surface area (Å²) >= 11 is 2.02. The number of para-hydroxylation sites is 1. The van der Waals surface area contributed by atoms with E-state index in [1.165, 1.54) is 24.3 Å². The van der Waals surface area contributed by atoms with Crippen LogP contribution in [0.25, 0.3) is 0 Å². The average Bonchev–Trinajstić information content (AvgIpc) is 2.33. The summed E-state index contributed by atoms with van der Waals surface area (Å²) in [6.07, 6.45) is 2.40. The molecule has 1 aromatic carbocycles. The van der Waals surface area contributed by atoms with Crippen LogP contribution in [0, 0.1) is 18.3 Å². The number of nitrogens with zero attached hydrogens (tertiary/aromatic N) is 1. The fourth-order valence-corrected chi connectivity index (χ4v) is 3.11. The Hall–Kier alpha value is -1.14. The third kappa shape index (κ3) is 2.51. The van der Waals surface area contributed by atoms with E-state index in [-0.39, 0.29) is 0 Å². The molecule has 2 nitrogen and oxygen atoms in total. The highest BCUT2D eigenvalue weighted by Gasteiger charge is 2.15. The first-order chi connectivity index (χ1) is 7.81. The fourth-order valence-electron chi connectivity index (χ4n) is 2.00. The van der Waals surface area contributed by atoms with Crippen molar-refractivity contribution in [1.82, 2.24) is 0 Å². The van der Waals surface area contributed by atoms with Crippen LogP contribution in [0.2, 0.25) is 0 Å². The van der Waals surface area contributed by atoms with Crippen LogP contribution in [-0.4, -0.2) is 17.5 Å². The molecule has 0 aromatic heterocycles. The standard InChI is InChI=1S/C13H16N2S/c1-10-3-2-4-11(9-14)13(10)15-12-5-7-16-8-6-12/h2-4,12,15H,5-8H2,1H3. The second-order valence-corrected chi connectivity index (χ2v) is 5.37. The molecule has 1 heterocycles. The Balaban J connectivity index is 2.16. The number of anilines is 1. The molecule has 1 N–H and O–H groups in total. The van der Waals surface area contributed by atoms with Gasteiger partial charge in [-0.25, -0.2) is 0 Å². The van der Waals surface area contributed by atoms with E-state index in [1.807, 2.05) is 23.9 Å². The van der Waals surface area contributed by atoms with Crippen molar-refractivity contribution in [1.29, 1.82) is 5.26 Å². The molecule has 0 aliphatic carbocycles. The highest BCUT2D eigenvalue weighted by Crippen LogP contribution is 2.25. The van der Waals surface area contributed by atoms with Crippen LogP contribution >= 0.6 is 11.8 Å². The van der Waals surface area contributed by atoms with Gasteiger partial charge < -0.3 is 5.32 Å². The molecule has 2 rings (SSSR count). The molecule has 1 aromatic rings. The normalized spacial score (nSPS) is 16.8. The zero-order valence-corrected chi connectivity index (χ0v) is 10.3. The number of hydrogen-bond donors (Lipinski definition) is 1. The van der Waals surface area contributed by atoms with E-state index in [4.69, 9.17) is 5.26 Å². The predicted molar refractivity (Wildman–Crippen MR) is 69.9 cm³/mol. The molecular formula is C13H16N2S. The first kappa shape index (κ1) is 11.3. The third-order valence-electron chi connectivity index (χ3n) is 2.96. The Morgan fingerprint density at radius 2 is 2.12 bits per heavy atom. The van der Waals surface area contributed by atoms with Crippen LogP contribution in [-0.2, 0) is 0 Å². The molecule has 84 valence electrons. The second kappa shape index (κ2) is 5.27. The van der Waals surface area contributed by atoms with Crippen molar-refractivity contribution >= 4 is 17.4 Å². The van der Waals surface area contributed by atoms with Gasteiger partial charge in [-0.1, -0.05) is 12.1 Å². The lowest BCUT2D eigenvalue weighted by Gasteiger charge is -2.25. The largest absolute Gasteiger partial charge is 0.381 e. The van der Waals surface area contributed by atoms with Crippen LogP contribution < -0.4 is 5.32 Å². The Kier molecular flexibility index (Phi) is 3.74. The number of nitriles is 1. The van der Waals surface area contributed by atoms with Gasteiger partial charge in [0.15, 0.2) is 0 Å². The summed E-state index contributed by atoms with van der Waals surface area (Å²) < 4.78 is 0. The lowest BCUT2D eigenvalue weighted by atomic mass is 10.1. The maximum absolute atomic E-state index is 9.08. The third-order valence-corrected chi connectivity index (χ3v) is 4.01. The summed E-state index contributed by atoms with van der Waals surface area (Å²) in [5, 5.41) is 12.6. The van der Waals surface area contributed by atoms with Crippen molar-refractivity contribution in [2.24, 2.45) is 0 Å². The van der Waals surface area contributed by atoms with Crippen molar-refractivity contribution in [2.75, 3.05) is 16.8 Å². The molecule has 16 heavy (non-hydrogen) atoms. The molecule has 0 spiro atoms. The minimum absolute atomic E-state index is 0.537. The van der Waals surface area contributed by atoms with E-state index in [2.05, 4.69) is 24.4 Å². The number of thioether (sulfide) groups is 1. The Bertz CT molecular complexity index is 403. The van der Waals surface area contributed by atoms with E-state index >= 15 is 0 Å². The minimum atomic E-state index is 0.537. The predicted octanol–water partition coefficient (Wildman–Crippen LogP) is 3.17. The molecule has 0 bridgehead atoms. The molecule has 1 fully saturated rings. The van der Waals surface area contributed by atoms with Gasteiger partial charge in [0.25, 0.3) is 0 Å². The summed E-state index contributed by atoms with van der Waals surface area (Å²) in [6, 6.07) is 8.67. The monoisotopic (exact) mass is 232 g/mol. The first-order valence-electron chi connectivity index (χ1n) is 5.65. The maximum atomic E-state index is 9.08. The Morgan fingerprint density at radius 3 is 2.81 bits per heavy atom. The van der Waals surface area contributed by atoms with E-state index in [1.54, 1.807) is 0 Å². The smallest absolute Gasteiger partial charge is 0.101 e. The number of rotatable bonds is 2. The van der Waals surface area contributed by atoms with E-state index in [9.17, 15) is 0 Å². The summed E-state index contributed by atoms with van der Waals surface area (Å²) in [4.78, 5) is 0. The molecule has 0 amide bonds. The van der Waals surface area contributed by atoms with Gasteiger partial charge in [-0.05, 0) is 42.9 Å². The molecule has 3 heteroatoms. The minimum Gasteiger partial charge on any atom is -0.381 e. The lowest BCUT2D eigenvalue weighted by Crippen LogP contribution is -2.25. The Morgan fingerprint density at radius 1 is 1.38 bits per heavy atom. The van der Waals surface area contributed by atoms with Crippen LogP contribution in [0.5, 0.6) is 0 Å². The Labute approximate surface area is 101 Å². The van der Waals surface area contributed by atoms with Gasteiger partial charge in [0.05, 0.1) is 11.3 Å². The zero-order chi connectivity index (χ0) is 11.4. The summed E-state index contributed by atoms with van der Waals surface area (Å²) in [7, 11) is 0. The molecule has 1 aliphatic heterocycles. The van der Waals surface area contributed by atoms with Crippen LogP contribution in [0.4, 0.5) is 5.69 Å². The van der Waals surface area contributed by atoms with Crippen molar-refractivity contribution in [3.05, 3.63) is 29.3 Å². The first-order valence-corrected chi connectivity index (χ1v) is 6.80. The highest BCUT2D eigenvalue weighted by atomic mass is 32.2. The quantitative estimate of drug-likeness (QED) is 0.850. The molecule has 0 atom stereocenters. The second-order valence-electron chi connectivity index (χ2n) is 4.14. The van der Waals surface area contributed by atoms with Crippen LogP contribution in [0.3, 0.4) is 0 Å². The molecule has 0 radical (unpaired) electrons. The zero-order valence-electron chi connectivity index (χ0n) is 9.49.